The Labute approximate surface area is 159 Å². The Balaban J connectivity index is 2.16. The molecular weight excluding hydrogens is 344 g/mol. The SMILES string of the molecule is COC(=O)CN(Cc1ccccc1)C(=O)c1ccc(NC(=O)C(C)C)cc1. The second-order valence-corrected chi connectivity index (χ2v) is 6.44. The maximum absolute atomic E-state index is 12.9. The van der Waals surface area contributed by atoms with Crippen molar-refractivity contribution in [2.24, 2.45) is 5.92 Å². The van der Waals surface area contributed by atoms with Crippen molar-refractivity contribution in [2.75, 3.05) is 19.0 Å². The first-order valence-electron chi connectivity index (χ1n) is 8.71. The quantitative estimate of drug-likeness (QED) is 0.762. The van der Waals surface area contributed by atoms with Crippen LogP contribution >= 0.6 is 0 Å². The van der Waals surface area contributed by atoms with E-state index < -0.39 is 5.97 Å². The second-order valence-electron chi connectivity index (χ2n) is 6.44. The number of benzene rings is 2. The molecule has 0 unspecified atom stereocenters. The van der Waals surface area contributed by atoms with Crippen molar-refractivity contribution in [3.05, 3.63) is 65.7 Å². The zero-order chi connectivity index (χ0) is 19.8. The molecular formula is C21H24N2O4. The van der Waals surface area contributed by atoms with Gasteiger partial charge in [-0.25, -0.2) is 0 Å². The van der Waals surface area contributed by atoms with Crippen molar-refractivity contribution in [1.29, 1.82) is 0 Å². The van der Waals surface area contributed by atoms with E-state index in [1.807, 2.05) is 44.2 Å². The van der Waals surface area contributed by atoms with Gasteiger partial charge in [0.15, 0.2) is 0 Å². The zero-order valence-electron chi connectivity index (χ0n) is 15.8. The highest BCUT2D eigenvalue weighted by Gasteiger charge is 2.20. The number of anilines is 1. The van der Waals surface area contributed by atoms with E-state index in [1.54, 1.807) is 24.3 Å². The lowest BCUT2D eigenvalue weighted by Crippen LogP contribution is -2.35. The lowest BCUT2D eigenvalue weighted by Gasteiger charge is -2.22. The third kappa shape index (κ3) is 5.95. The van der Waals surface area contributed by atoms with Gasteiger partial charge in [0, 0.05) is 23.7 Å². The molecule has 0 spiro atoms. The fourth-order valence-corrected chi connectivity index (χ4v) is 2.39. The fourth-order valence-electron chi connectivity index (χ4n) is 2.39. The average Bonchev–Trinajstić information content (AvgIpc) is 2.68. The topological polar surface area (TPSA) is 75.7 Å². The number of carbonyl (C=O) groups is 3. The Morgan fingerprint density at radius 1 is 1.00 bits per heavy atom. The van der Waals surface area contributed by atoms with Gasteiger partial charge in [-0.3, -0.25) is 14.4 Å². The van der Waals surface area contributed by atoms with Gasteiger partial charge in [-0.1, -0.05) is 44.2 Å². The summed E-state index contributed by atoms with van der Waals surface area (Å²) in [6.45, 7) is 3.76. The Bertz CT molecular complexity index is 786. The predicted molar refractivity (Wildman–Crippen MR) is 103 cm³/mol. The molecule has 0 aliphatic rings. The molecule has 0 heterocycles. The van der Waals surface area contributed by atoms with Gasteiger partial charge in [0.25, 0.3) is 5.91 Å². The van der Waals surface area contributed by atoms with Crippen LogP contribution in [0.15, 0.2) is 54.6 Å². The lowest BCUT2D eigenvalue weighted by atomic mass is 10.1. The first-order chi connectivity index (χ1) is 12.9. The maximum Gasteiger partial charge on any atom is 0.325 e. The van der Waals surface area contributed by atoms with E-state index in [-0.39, 0.29) is 24.3 Å². The molecule has 6 heteroatoms. The highest BCUT2D eigenvalue weighted by Crippen LogP contribution is 2.15. The summed E-state index contributed by atoms with van der Waals surface area (Å²) in [6, 6.07) is 16.0. The normalized spacial score (nSPS) is 10.4. The molecule has 2 rings (SSSR count). The molecule has 2 aromatic rings. The first kappa shape index (κ1) is 20.2. The van der Waals surface area contributed by atoms with Gasteiger partial charge < -0.3 is 15.0 Å². The van der Waals surface area contributed by atoms with Crippen LogP contribution in [0, 0.1) is 5.92 Å². The van der Waals surface area contributed by atoms with Crippen molar-refractivity contribution in [3.63, 3.8) is 0 Å². The van der Waals surface area contributed by atoms with Crippen molar-refractivity contribution in [1.82, 2.24) is 4.90 Å². The van der Waals surface area contributed by atoms with Crippen LogP contribution in [-0.2, 0) is 20.9 Å². The molecule has 2 aromatic carbocycles. The highest BCUT2D eigenvalue weighted by molar-refractivity contribution is 5.97. The molecule has 0 aliphatic heterocycles. The van der Waals surface area contributed by atoms with Gasteiger partial charge in [0.1, 0.15) is 6.54 Å². The number of nitrogens with one attached hydrogen (secondary N) is 1. The van der Waals surface area contributed by atoms with E-state index in [4.69, 9.17) is 4.74 Å². The van der Waals surface area contributed by atoms with Gasteiger partial charge in [0.05, 0.1) is 7.11 Å². The van der Waals surface area contributed by atoms with Crippen LogP contribution < -0.4 is 5.32 Å². The molecule has 142 valence electrons. The van der Waals surface area contributed by atoms with Crippen molar-refractivity contribution < 1.29 is 19.1 Å². The Kier molecular flexibility index (Phi) is 7.11. The van der Waals surface area contributed by atoms with Crippen LogP contribution in [0.25, 0.3) is 0 Å². The number of hydrogen-bond donors (Lipinski definition) is 1. The molecule has 0 atom stereocenters. The van der Waals surface area contributed by atoms with E-state index in [9.17, 15) is 14.4 Å². The van der Waals surface area contributed by atoms with E-state index >= 15 is 0 Å². The second kappa shape index (κ2) is 9.52. The molecule has 0 saturated carbocycles. The summed E-state index contributed by atoms with van der Waals surface area (Å²) in [6.07, 6.45) is 0. The summed E-state index contributed by atoms with van der Waals surface area (Å²) in [5.74, 6) is -0.996. The summed E-state index contributed by atoms with van der Waals surface area (Å²) in [5.41, 5.74) is 1.96. The Morgan fingerprint density at radius 2 is 1.63 bits per heavy atom. The molecule has 27 heavy (non-hydrogen) atoms. The summed E-state index contributed by atoms with van der Waals surface area (Å²) < 4.78 is 4.71. The highest BCUT2D eigenvalue weighted by atomic mass is 16.5. The lowest BCUT2D eigenvalue weighted by molar-refractivity contribution is -0.141. The van der Waals surface area contributed by atoms with Crippen LogP contribution in [0.3, 0.4) is 0 Å². The van der Waals surface area contributed by atoms with Gasteiger partial charge in [0.2, 0.25) is 5.91 Å². The van der Waals surface area contributed by atoms with Crippen molar-refractivity contribution in [3.8, 4) is 0 Å². The molecule has 0 aliphatic carbocycles. The van der Waals surface area contributed by atoms with Crippen LogP contribution in [0.4, 0.5) is 5.69 Å². The van der Waals surface area contributed by atoms with E-state index in [0.717, 1.165) is 5.56 Å². The Hall–Kier alpha value is -3.15. The minimum Gasteiger partial charge on any atom is -0.468 e. The average molecular weight is 368 g/mol. The molecule has 6 nitrogen and oxygen atoms in total. The number of carbonyl (C=O) groups excluding carboxylic acids is 3. The van der Waals surface area contributed by atoms with Crippen LogP contribution in [0.1, 0.15) is 29.8 Å². The van der Waals surface area contributed by atoms with Crippen molar-refractivity contribution in [2.45, 2.75) is 20.4 Å². The maximum atomic E-state index is 12.9. The van der Waals surface area contributed by atoms with Gasteiger partial charge >= 0.3 is 5.97 Å². The predicted octanol–water partition coefficient (Wildman–Crippen LogP) is 3.10. The number of rotatable bonds is 7. The third-order valence-corrected chi connectivity index (χ3v) is 3.97. The largest absolute Gasteiger partial charge is 0.468 e. The van der Waals surface area contributed by atoms with Gasteiger partial charge in [-0.2, -0.15) is 0 Å². The summed E-state index contributed by atoms with van der Waals surface area (Å²) in [7, 11) is 1.29. The van der Waals surface area contributed by atoms with Crippen molar-refractivity contribution >= 4 is 23.5 Å². The summed E-state index contributed by atoms with van der Waals surface area (Å²) in [4.78, 5) is 37.8. The van der Waals surface area contributed by atoms with E-state index in [2.05, 4.69) is 5.32 Å². The molecule has 0 saturated heterocycles. The number of methoxy groups -OCH3 is 1. The van der Waals surface area contributed by atoms with E-state index in [0.29, 0.717) is 17.8 Å². The monoisotopic (exact) mass is 368 g/mol. The smallest absolute Gasteiger partial charge is 0.325 e. The van der Waals surface area contributed by atoms with Gasteiger partial charge in [-0.15, -0.1) is 0 Å². The Morgan fingerprint density at radius 3 is 2.19 bits per heavy atom. The third-order valence-electron chi connectivity index (χ3n) is 3.97. The molecule has 0 aromatic heterocycles. The molecule has 1 N–H and O–H groups in total. The molecule has 0 fully saturated rings. The summed E-state index contributed by atoms with van der Waals surface area (Å²) in [5, 5.41) is 2.78. The molecule has 0 bridgehead atoms. The number of esters is 1. The molecule has 0 radical (unpaired) electrons. The number of hydrogen-bond acceptors (Lipinski definition) is 4. The van der Waals surface area contributed by atoms with E-state index in [1.165, 1.54) is 12.0 Å². The number of amides is 2. The van der Waals surface area contributed by atoms with Gasteiger partial charge in [-0.05, 0) is 29.8 Å². The summed E-state index contributed by atoms with van der Waals surface area (Å²) >= 11 is 0. The standard InChI is InChI=1S/C21H24N2O4/c1-15(2)20(25)22-18-11-9-17(10-12-18)21(26)23(14-19(24)27-3)13-16-7-5-4-6-8-16/h4-12,15H,13-14H2,1-3H3,(H,22,25). The van der Waals surface area contributed by atoms with Crippen LogP contribution in [0.5, 0.6) is 0 Å². The van der Waals surface area contributed by atoms with Crippen LogP contribution in [-0.4, -0.2) is 36.3 Å². The van der Waals surface area contributed by atoms with Crippen LogP contribution in [0.2, 0.25) is 0 Å². The number of nitrogens with zero attached hydrogens (tertiary/aromatic N) is 1. The zero-order valence-corrected chi connectivity index (χ0v) is 15.8. The number of ether oxygens (including phenoxy) is 1. The molecule has 2 amide bonds. The minimum absolute atomic E-state index is 0.0922. The minimum atomic E-state index is -0.486. The first-order valence-corrected chi connectivity index (χ1v) is 8.71. The fraction of sp³-hybridized carbons (Fsp3) is 0.286.